The van der Waals surface area contributed by atoms with Gasteiger partial charge in [-0.1, -0.05) is 32.4 Å². The van der Waals surface area contributed by atoms with Crippen LogP contribution in [0, 0.1) is 16.7 Å². The van der Waals surface area contributed by atoms with Gasteiger partial charge < -0.3 is 11.1 Å². The molecule has 114 valence electrons. The fourth-order valence-electron chi connectivity index (χ4n) is 4.43. The Labute approximate surface area is 131 Å². The number of carbonyl (C=O) groups excluding carboxylic acids is 1. The number of nitrogens with one attached hydrogen (secondary N) is 1. The Bertz CT molecular complexity index is 598. The molecular weight excluding hydrogens is 284 g/mol. The number of anilines is 1. The molecule has 3 N–H and O–H groups in total. The summed E-state index contributed by atoms with van der Waals surface area (Å²) in [6.07, 6.45) is 3.78. The first kappa shape index (κ1) is 14.7. The van der Waals surface area contributed by atoms with Crippen LogP contribution in [0.5, 0.6) is 0 Å². The number of nitrogens with two attached hydrogens (primary N) is 1. The molecule has 21 heavy (non-hydrogen) atoms. The zero-order chi connectivity index (χ0) is 15.4. The van der Waals surface area contributed by atoms with Crippen LogP contribution < -0.4 is 11.1 Å². The highest BCUT2D eigenvalue weighted by atomic mass is 35.5. The van der Waals surface area contributed by atoms with Crippen molar-refractivity contribution in [1.82, 2.24) is 0 Å². The van der Waals surface area contributed by atoms with E-state index in [4.69, 9.17) is 17.3 Å². The number of benzene rings is 1. The Morgan fingerprint density at radius 1 is 1.38 bits per heavy atom. The van der Waals surface area contributed by atoms with Gasteiger partial charge in [0.1, 0.15) is 0 Å². The van der Waals surface area contributed by atoms with Gasteiger partial charge in [0.05, 0.1) is 10.6 Å². The Kier molecular flexibility index (Phi) is 3.25. The van der Waals surface area contributed by atoms with E-state index in [1.54, 1.807) is 12.1 Å². The Hall–Kier alpha value is -1.22. The molecule has 1 amide bonds. The summed E-state index contributed by atoms with van der Waals surface area (Å²) >= 11 is 6.01. The summed E-state index contributed by atoms with van der Waals surface area (Å²) in [5.74, 6) is 0.297. The molecule has 2 fully saturated rings. The van der Waals surface area contributed by atoms with Crippen molar-refractivity contribution in [1.29, 1.82) is 0 Å². The standard InChI is InChI=1S/C17H23ClN2O/c1-16(2)10-6-7-17(16,3)14(8-10)20-11-4-5-13(18)12(9-11)15(19)21/h4-5,9-10,14,20H,6-8H2,1-3H3,(H2,19,21). The van der Waals surface area contributed by atoms with Crippen LogP contribution in [0.25, 0.3) is 0 Å². The third kappa shape index (κ3) is 2.05. The molecule has 0 radical (unpaired) electrons. The van der Waals surface area contributed by atoms with Crippen LogP contribution in [0.4, 0.5) is 5.69 Å². The fraction of sp³-hybridized carbons (Fsp3) is 0.588. The van der Waals surface area contributed by atoms with E-state index in [2.05, 4.69) is 26.1 Å². The van der Waals surface area contributed by atoms with Gasteiger partial charge in [0.25, 0.3) is 0 Å². The average molecular weight is 307 g/mol. The van der Waals surface area contributed by atoms with E-state index in [9.17, 15) is 4.79 Å². The minimum Gasteiger partial charge on any atom is -0.382 e. The summed E-state index contributed by atoms with van der Waals surface area (Å²) in [6, 6.07) is 5.88. The monoisotopic (exact) mass is 306 g/mol. The van der Waals surface area contributed by atoms with E-state index < -0.39 is 5.91 Å². The highest BCUT2D eigenvalue weighted by molar-refractivity contribution is 6.33. The SMILES string of the molecule is CC1(C)C2CCC1(C)C(Nc1ccc(Cl)c(C(N)=O)c1)C2. The molecule has 3 unspecified atom stereocenters. The number of hydrogen-bond acceptors (Lipinski definition) is 2. The summed E-state index contributed by atoms with van der Waals surface area (Å²) in [5, 5.41) is 4.03. The second-order valence-electron chi connectivity index (χ2n) is 7.37. The maximum absolute atomic E-state index is 11.4. The second kappa shape index (κ2) is 4.64. The lowest BCUT2D eigenvalue weighted by molar-refractivity contribution is 0.100. The summed E-state index contributed by atoms with van der Waals surface area (Å²) in [5.41, 5.74) is 7.35. The predicted molar refractivity (Wildman–Crippen MR) is 86.6 cm³/mol. The highest BCUT2D eigenvalue weighted by Crippen LogP contribution is 2.65. The fourth-order valence-corrected chi connectivity index (χ4v) is 4.64. The largest absolute Gasteiger partial charge is 0.382 e. The van der Waals surface area contributed by atoms with E-state index >= 15 is 0 Å². The maximum atomic E-state index is 11.4. The normalized spacial score (nSPS) is 33.1. The van der Waals surface area contributed by atoms with Crippen molar-refractivity contribution >= 4 is 23.2 Å². The molecular formula is C17H23ClN2O. The van der Waals surface area contributed by atoms with Crippen molar-refractivity contribution in [3.05, 3.63) is 28.8 Å². The summed E-state index contributed by atoms with van der Waals surface area (Å²) in [6.45, 7) is 7.18. The van der Waals surface area contributed by atoms with Crippen LogP contribution in [-0.4, -0.2) is 11.9 Å². The van der Waals surface area contributed by atoms with Gasteiger partial charge in [0.15, 0.2) is 0 Å². The predicted octanol–water partition coefficient (Wildman–Crippen LogP) is 4.07. The summed E-state index contributed by atoms with van der Waals surface area (Å²) < 4.78 is 0. The molecule has 0 saturated heterocycles. The number of rotatable bonds is 3. The smallest absolute Gasteiger partial charge is 0.250 e. The molecule has 0 aliphatic heterocycles. The van der Waals surface area contributed by atoms with Crippen molar-refractivity contribution in [3.8, 4) is 0 Å². The molecule has 3 atom stereocenters. The van der Waals surface area contributed by atoms with Crippen molar-refractivity contribution in [2.24, 2.45) is 22.5 Å². The third-order valence-electron chi connectivity index (χ3n) is 6.37. The lowest BCUT2D eigenvalue weighted by Gasteiger charge is -2.40. The van der Waals surface area contributed by atoms with Crippen LogP contribution in [0.2, 0.25) is 5.02 Å². The lowest BCUT2D eigenvalue weighted by Crippen LogP contribution is -2.40. The van der Waals surface area contributed by atoms with Crippen molar-refractivity contribution in [2.45, 2.75) is 46.1 Å². The number of fused-ring (bicyclic) bond motifs is 2. The van der Waals surface area contributed by atoms with Crippen molar-refractivity contribution < 1.29 is 4.79 Å². The zero-order valence-electron chi connectivity index (χ0n) is 12.9. The number of halogens is 1. The Balaban J connectivity index is 1.86. The van der Waals surface area contributed by atoms with Gasteiger partial charge in [-0.2, -0.15) is 0 Å². The van der Waals surface area contributed by atoms with E-state index in [1.807, 2.05) is 6.07 Å². The molecule has 2 aliphatic carbocycles. The Morgan fingerprint density at radius 3 is 2.62 bits per heavy atom. The quantitative estimate of drug-likeness (QED) is 0.884. The lowest BCUT2D eigenvalue weighted by atomic mass is 9.69. The number of hydrogen-bond donors (Lipinski definition) is 2. The third-order valence-corrected chi connectivity index (χ3v) is 6.70. The molecule has 1 aromatic rings. The van der Waals surface area contributed by atoms with Crippen molar-refractivity contribution in [2.75, 3.05) is 5.32 Å². The second-order valence-corrected chi connectivity index (χ2v) is 7.77. The minimum absolute atomic E-state index is 0.296. The van der Waals surface area contributed by atoms with E-state index in [0.29, 0.717) is 27.5 Å². The van der Waals surface area contributed by atoms with Gasteiger partial charge in [-0.15, -0.1) is 0 Å². The number of primary amides is 1. The topological polar surface area (TPSA) is 55.1 Å². The summed E-state index contributed by atoms with van der Waals surface area (Å²) in [7, 11) is 0. The molecule has 2 aliphatic rings. The first-order valence-corrected chi connectivity index (χ1v) is 7.99. The molecule has 3 nitrogen and oxygen atoms in total. The molecule has 2 saturated carbocycles. The van der Waals surface area contributed by atoms with Crippen molar-refractivity contribution in [3.63, 3.8) is 0 Å². The summed E-state index contributed by atoms with van der Waals surface area (Å²) in [4.78, 5) is 11.4. The van der Waals surface area contributed by atoms with Gasteiger partial charge in [0.2, 0.25) is 5.91 Å². The first-order valence-electron chi connectivity index (χ1n) is 7.61. The molecule has 3 rings (SSSR count). The van der Waals surface area contributed by atoms with Gasteiger partial charge in [-0.05, 0) is 54.2 Å². The van der Waals surface area contributed by atoms with Crippen LogP contribution in [-0.2, 0) is 0 Å². The van der Waals surface area contributed by atoms with Crippen LogP contribution in [0.3, 0.4) is 0 Å². The molecule has 0 spiro atoms. The van der Waals surface area contributed by atoms with Gasteiger partial charge >= 0.3 is 0 Å². The average Bonchev–Trinajstić information content (AvgIpc) is 2.74. The molecule has 0 heterocycles. The van der Waals surface area contributed by atoms with Gasteiger partial charge in [-0.3, -0.25) is 4.79 Å². The van der Waals surface area contributed by atoms with E-state index in [-0.39, 0.29) is 0 Å². The zero-order valence-corrected chi connectivity index (χ0v) is 13.6. The van der Waals surface area contributed by atoms with E-state index in [0.717, 1.165) is 11.6 Å². The van der Waals surface area contributed by atoms with Crippen LogP contribution in [0.1, 0.15) is 50.4 Å². The van der Waals surface area contributed by atoms with Crippen LogP contribution in [0.15, 0.2) is 18.2 Å². The maximum Gasteiger partial charge on any atom is 0.250 e. The minimum atomic E-state index is -0.483. The molecule has 4 heteroatoms. The van der Waals surface area contributed by atoms with E-state index in [1.165, 1.54) is 19.3 Å². The van der Waals surface area contributed by atoms with Crippen LogP contribution >= 0.6 is 11.6 Å². The van der Waals surface area contributed by atoms with Gasteiger partial charge in [-0.25, -0.2) is 0 Å². The van der Waals surface area contributed by atoms with Gasteiger partial charge in [0, 0.05) is 11.7 Å². The molecule has 1 aromatic carbocycles. The Morgan fingerprint density at radius 2 is 2.10 bits per heavy atom. The highest BCUT2D eigenvalue weighted by Gasteiger charge is 2.61. The number of carbonyl (C=O) groups is 1. The number of amides is 1. The molecule has 0 aromatic heterocycles. The first-order chi connectivity index (χ1) is 9.75. The molecule has 2 bridgehead atoms.